The van der Waals surface area contributed by atoms with Gasteiger partial charge >= 0.3 is 0 Å². The van der Waals surface area contributed by atoms with Crippen LogP contribution >= 0.6 is 15.9 Å². The number of nitrogens with zero attached hydrogens (tertiary/aromatic N) is 1. The van der Waals surface area contributed by atoms with Crippen molar-refractivity contribution in [2.45, 2.75) is 20.8 Å². The second-order valence-corrected chi connectivity index (χ2v) is 7.08. The van der Waals surface area contributed by atoms with Crippen molar-refractivity contribution in [1.82, 2.24) is 10.4 Å². The van der Waals surface area contributed by atoms with Gasteiger partial charge in [-0.05, 0) is 50.1 Å². The molecule has 3 aromatic rings. The summed E-state index contributed by atoms with van der Waals surface area (Å²) in [6, 6.07) is 11.9. The fourth-order valence-corrected chi connectivity index (χ4v) is 3.62. The van der Waals surface area contributed by atoms with Crippen LogP contribution < -0.4 is 10.2 Å². The number of fused-ring (bicyclic) bond motifs is 1. The van der Waals surface area contributed by atoms with Gasteiger partial charge in [0, 0.05) is 26.6 Å². The maximum absolute atomic E-state index is 12.0. The molecule has 2 N–H and O–H groups in total. The number of H-pyrrole nitrogens is 1. The van der Waals surface area contributed by atoms with Crippen molar-refractivity contribution < 1.29 is 9.53 Å². The molecule has 0 fully saturated rings. The van der Waals surface area contributed by atoms with E-state index >= 15 is 0 Å². The Bertz CT molecular complexity index is 969. The largest absolute Gasteiger partial charge is 0.483 e. The van der Waals surface area contributed by atoms with Gasteiger partial charge < -0.3 is 9.72 Å². The lowest BCUT2D eigenvalue weighted by Crippen LogP contribution is -2.25. The normalized spacial score (nSPS) is 11.2. The fraction of sp³-hybridized carbons (Fsp3) is 0.200. The number of hydrogen-bond acceptors (Lipinski definition) is 3. The molecule has 5 nitrogen and oxygen atoms in total. The zero-order valence-corrected chi connectivity index (χ0v) is 16.5. The van der Waals surface area contributed by atoms with Gasteiger partial charge in [-0.1, -0.05) is 34.1 Å². The Kier molecular flexibility index (Phi) is 5.42. The second kappa shape index (κ2) is 7.74. The SMILES string of the molecule is Cc1cc(Br)cc(C)c1OCC(=O)N/N=C\c1c(C)[nH]c2ccccc12. The van der Waals surface area contributed by atoms with Gasteiger partial charge in [0.15, 0.2) is 6.61 Å². The molecular formula is C20H20BrN3O2. The number of hydrogen-bond donors (Lipinski definition) is 2. The molecule has 0 aliphatic rings. The number of carbonyl (C=O) groups is 1. The Balaban J connectivity index is 1.62. The van der Waals surface area contributed by atoms with Crippen molar-refractivity contribution in [1.29, 1.82) is 0 Å². The van der Waals surface area contributed by atoms with Crippen LogP contribution in [0.2, 0.25) is 0 Å². The van der Waals surface area contributed by atoms with E-state index in [2.05, 4.69) is 31.4 Å². The third kappa shape index (κ3) is 3.96. The molecule has 6 heteroatoms. The number of ether oxygens (including phenoxy) is 1. The standard InChI is InChI=1S/C20H20BrN3O2/c1-12-8-15(21)9-13(2)20(12)26-11-19(25)24-22-10-17-14(3)23-18-7-5-4-6-16(17)18/h4-10,23H,11H2,1-3H3,(H,24,25)/b22-10-. The average molecular weight is 414 g/mol. The third-order valence-corrected chi connectivity index (χ3v) is 4.56. The molecule has 1 amide bonds. The summed E-state index contributed by atoms with van der Waals surface area (Å²) in [6.45, 7) is 5.78. The molecule has 0 radical (unpaired) electrons. The highest BCUT2D eigenvalue weighted by molar-refractivity contribution is 9.10. The number of carbonyl (C=O) groups excluding carboxylic acids is 1. The van der Waals surface area contributed by atoms with E-state index in [-0.39, 0.29) is 12.5 Å². The number of nitrogens with one attached hydrogen (secondary N) is 2. The first-order valence-electron chi connectivity index (χ1n) is 8.24. The van der Waals surface area contributed by atoms with Crippen LogP contribution in [0, 0.1) is 20.8 Å². The third-order valence-electron chi connectivity index (χ3n) is 4.10. The molecule has 0 saturated heterocycles. The minimum absolute atomic E-state index is 0.0898. The summed E-state index contributed by atoms with van der Waals surface area (Å²) in [7, 11) is 0. The molecule has 2 aromatic carbocycles. The highest BCUT2D eigenvalue weighted by Crippen LogP contribution is 2.27. The van der Waals surface area contributed by atoms with Crippen molar-refractivity contribution in [3.8, 4) is 5.75 Å². The van der Waals surface area contributed by atoms with Crippen LogP contribution in [-0.2, 0) is 4.79 Å². The van der Waals surface area contributed by atoms with Gasteiger partial charge in [-0.15, -0.1) is 0 Å². The minimum atomic E-state index is -0.305. The van der Waals surface area contributed by atoms with Crippen LogP contribution in [0.15, 0.2) is 46.0 Å². The molecule has 0 spiro atoms. The van der Waals surface area contributed by atoms with Gasteiger partial charge in [-0.25, -0.2) is 5.43 Å². The van der Waals surface area contributed by atoms with Gasteiger partial charge in [0.1, 0.15) is 5.75 Å². The highest BCUT2D eigenvalue weighted by atomic mass is 79.9. The summed E-state index contributed by atoms with van der Waals surface area (Å²) >= 11 is 3.45. The molecule has 1 aromatic heterocycles. The van der Waals surface area contributed by atoms with Gasteiger partial charge in [0.25, 0.3) is 5.91 Å². The van der Waals surface area contributed by atoms with Crippen molar-refractivity contribution in [2.24, 2.45) is 5.10 Å². The number of rotatable bonds is 5. The van der Waals surface area contributed by atoms with Gasteiger partial charge in [0.2, 0.25) is 0 Å². The molecule has 0 saturated carbocycles. The Morgan fingerprint density at radius 1 is 1.23 bits per heavy atom. The summed E-state index contributed by atoms with van der Waals surface area (Å²) < 4.78 is 6.64. The summed E-state index contributed by atoms with van der Waals surface area (Å²) in [5, 5.41) is 5.13. The Morgan fingerprint density at radius 3 is 2.65 bits per heavy atom. The second-order valence-electron chi connectivity index (χ2n) is 6.16. The van der Waals surface area contributed by atoms with E-state index in [1.807, 2.05) is 57.2 Å². The monoisotopic (exact) mass is 413 g/mol. The summed E-state index contributed by atoms with van der Waals surface area (Å²) in [5.74, 6) is 0.417. The van der Waals surface area contributed by atoms with Gasteiger partial charge in [-0.2, -0.15) is 5.10 Å². The first-order valence-corrected chi connectivity index (χ1v) is 9.03. The predicted octanol–water partition coefficient (Wildman–Crippen LogP) is 4.38. The van der Waals surface area contributed by atoms with Crippen LogP contribution in [-0.4, -0.2) is 23.7 Å². The molecule has 0 unspecified atom stereocenters. The van der Waals surface area contributed by atoms with E-state index in [4.69, 9.17) is 4.74 Å². The summed E-state index contributed by atoms with van der Waals surface area (Å²) in [5.41, 5.74) is 7.47. The predicted molar refractivity (Wildman–Crippen MR) is 108 cm³/mol. The van der Waals surface area contributed by atoms with Crippen molar-refractivity contribution in [3.63, 3.8) is 0 Å². The van der Waals surface area contributed by atoms with Crippen LogP contribution in [0.4, 0.5) is 0 Å². The molecule has 3 rings (SSSR count). The van der Waals surface area contributed by atoms with Crippen LogP contribution in [0.25, 0.3) is 10.9 Å². The number of amides is 1. The number of para-hydroxylation sites is 1. The number of halogens is 1. The number of aromatic amines is 1. The average Bonchev–Trinajstić information content (AvgIpc) is 2.89. The lowest BCUT2D eigenvalue weighted by molar-refractivity contribution is -0.123. The molecule has 26 heavy (non-hydrogen) atoms. The summed E-state index contributed by atoms with van der Waals surface area (Å²) in [6.07, 6.45) is 1.65. The van der Waals surface area contributed by atoms with Crippen molar-refractivity contribution >= 4 is 39.0 Å². The lowest BCUT2D eigenvalue weighted by atomic mass is 10.1. The van der Waals surface area contributed by atoms with Crippen LogP contribution in [0.1, 0.15) is 22.4 Å². The highest BCUT2D eigenvalue weighted by Gasteiger charge is 2.09. The quantitative estimate of drug-likeness (QED) is 0.481. The molecule has 0 bridgehead atoms. The number of aromatic nitrogens is 1. The molecule has 0 aliphatic heterocycles. The first-order chi connectivity index (χ1) is 12.5. The van der Waals surface area contributed by atoms with Gasteiger partial charge in [0.05, 0.1) is 6.21 Å². The van der Waals surface area contributed by atoms with Crippen molar-refractivity contribution in [3.05, 3.63) is 63.3 Å². The Labute approximate surface area is 160 Å². The molecule has 134 valence electrons. The maximum atomic E-state index is 12.0. The van der Waals surface area contributed by atoms with Crippen molar-refractivity contribution in [2.75, 3.05) is 6.61 Å². The van der Waals surface area contributed by atoms with E-state index in [9.17, 15) is 4.79 Å². The number of aryl methyl sites for hydroxylation is 3. The lowest BCUT2D eigenvalue weighted by Gasteiger charge is -2.11. The first kappa shape index (κ1) is 18.2. The number of hydrazone groups is 1. The summed E-state index contributed by atoms with van der Waals surface area (Å²) in [4.78, 5) is 15.3. The van der Waals surface area contributed by atoms with E-state index in [0.29, 0.717) is 0 Å². The topological polar surface area (TPSA) is 66.5 Å². The zero-order valence-electron chi connectivity index (χ0n) is 14.9. The van der Waals surface area contributed by atoms with E-state index in [1.54, 1.807) is 6.21 Å². The molecule has 0 aliphatic carbocycles. The molecule has 0 atom stereocenters. The van der Waals surface area contributed by atoms with Crippen LogP contribution in [0.5, 0.6) is 5.75 Å². The minimum Gasteiger partial charge on any atom is -0.483 e. The molecular weight excluding hydrogens is 394 g/mol. The van der Waals surface area contributed by atoms with Crippen LogP contribution in [0.3, 0.4) is 0 Å². The van der Waals surface area contributed by atoms with Gasteiger partial charge in [-0.3, -0.25) is 4.79 Å². The Morgan fingerprint density at radius 2 is 1.92 bits per heavy atom. The fourth-order valence-electron chi connectivity index (χ4n) is 2.93. The van der Waals surface area contributed by atoms with E-state index < -0.39 is 0 Å². The number of benzene rings is 2. The molecule has 1 heterocycles. The zero-order chi connectivity index (χ0) is 18.7. The maximum Gasteiger partial charge on any atom is 0.277 e. The van der Waals surface area contributed by atoms with E-state index in [1.165, 1.54) is 0 Å². The smallest absolute Gasteiger partial charge is 0.277 e. The Hall–Kier alpha value is -2.60. The van der Waals surface area contributed by atoms with E-state index in [0.717, 1.165) is 43.5 Å².